The van der Waals surface area contributed by atoms with E-state index in [2.05, 4.69) is 6.08 Å². The van der Waals surface area contributed by atoms with Gasteiger partial charge >= 0.3 is 15.2 Å². The summed E-state index contributed by atoms with van der Waals surface area (Å²) in [6, 6.07) is 12.8. The molecule has 5 rings (SSSR count). The first-order chi connectivity index (χ1) is 30.0. The zero-order valence-electron chi connectivity index (χ0n) is 36.9. The molecule has 3 aromatic carbocycles. The summed E-state index contributed by atoms with van der Waals surface area (Å²) >= 11 is 12.1. The summed E-state index contributed by atoms with van der Waals surface area (Å²) in [4.78, 5) is 0. The van der Waals surface area contributed by atoms with Crippen molar-refractivity contribution in [2.45, 2.75) is 111 Å². The van der Waals surface area contributed by atoms with Crippen LogP contribution < -0.4 is 15.3 Å². The number of unbranched alkanes of at least 4 members (excludes halogenated alkanes) is 2. The van der Waals surface area contributed by atoms with Crippen molar-refractivity contribution < 1.29 is 46.9 Å². The van der Waals surface area contributed by atoms with E-state index in [9.17, 15) is 19.3 Å². The molecular formula is C48H66Cl2O10P2. The summed E-state index contributed by atoms with van der Waals surface area (Å²) in [7, 11) is -7.64. The first-order valence-corrected chi connectivity index (χ1v) is 26.5. The summed E-state index contributed by atoms with van der Waals surface area (Å²) in [6.45, 7) is 9.61. The number of phenols is 2. The van der Waals surface area contributed by atoms with Crippen molar-refractivity contribution >= 4 is 49.0 Å². The van der Waals surface area contributed by atoms with Crippen molar-refractivity contribution in [3.8, 4) is 17.2 Å². The van der Waals surface area contributed by atoms with Crippen LogP contribution in [0, 0.1) is 5.92 Å². The molecule has 3 aromatic rings. The van der Waals surface area contributed by atoms with E-state index in [4.69, 9.17) is 50.8 Å². The molecule has 62 heavy (non-hydrogen) atoms. The Balaban J connectivity index is 1.78. The van der Waals surface area contributed by atoms with Gasteiger partial charge in [-0.05, 0) is 127 Å². The molecule has 0 fully saturated rings. The van der Waals surface area contributed by atoms with Crippen LogP contribution >= 0.6 is 38.4 Å². The van der Waals surface area contributed by atoms with Crippen LogP contribution in [0.4, 0.5) is 0 Å². The molecule has 2 aliphatic rings. The molecule has 0 saturated heterocycles. The Hall–Kier alpha value is -2.62. The number of alkyl halides is 2. The Morgan fingerprint density at radius 2 is 1.08 bits per heavy atom. The van der Waals surface area contributed by atoms with Crippen molar-refractivity contribution in [1.29, 1.82) is 0 Å². The second kappa shape index (κ2) is 25.2. The normalized spacial score (nSPS) is 16.6. The molecule has 1 unspecified atom stereocenters. The van der Waals surface area contributed by atoms with Gasteiger partial charge < -0.3 is 37.8 Å². The summed E-state index contributed by atoms with van der Waals surface area (Å²) in [5.74, 6) is 1.49. The molecule has 2 aliphatic carbocycles. The second-order valence-electron chi connectivity index (χ2n) is 15.9. The van der Waals surface area contributed by atoms with E-state index in [1.54, 1.807) is 24.3 Å². The van der Waals surface area contributed by atoms with Gasteiger partial charge in [0.2, 0.25) is 0 Å². The number of aromatic hydroxyl groups is 2. The van der Waals surface area contributed by atoms with Crippen LogP contribution in [0.3, 0.4) is 0 Å². The van der Waals surface area contributed by atoms with Crippen LogP contribution in [0.15, 0.2) is 66.3 Å². The number of rotatable bonds is 24. The van der Waals surface area contributed by atoms with E-state index in [0.717, 1.165) is 36.0 Å². The standard InChI is InChI=1S/C48H66Cl2O10P2/c1-5-21-57-61(53,58-22-6-2)43-31-39-27-35-15-13-17-37(47(35)55-25-11-9-19-49)29-41-33-44(62(54,59-23-7-3)60-24-8-4)34-42(46(41)52)30-38-18-14-16-36(28-40(32-43)45(39)51)48(38)56-26-12-10-20-50/h13-18,31-35,47,51-52H,5-12,19-30H2,1-4H3/t35-,47?/m0/s1. The monoisotopic (exact) mass is 934 g/mol. The smallest absolute Gasteiger partial charge is 0.361 e. The van der Waals surface area contributed by atoms with Crippen LogP contribution in [-0.4, -0.2) is 67.7 Å². The molecule has 0 spiro atoms. The van der Waals surface area contributed by atoms with Gasteiger partial charge in [0.05, 0.1) is 49.7 Å². The van der Waals surface area contributed by atoms with Crippen molar-refractivity contribution in [3.05, 3.63) is 99.6 Å². The van der Waals surface area contributed by atoms with E-state index in [-0.39, 0.29) is 63.1 Å². The van der Waals surface area contributed by atoms with Gasteiger partial charge in [0, 0.05) is 37.1 Å². The third-order valence-corrected chi connectivity index (χ3v) is 15.2. The molecule has 10 nitrogen and oxygen atoms in total. The molecule has 0 aliphatic heterocycles. The SMILES string of the molecule is CCCOP(=O)(OCCC)c1cc2c(O)c(c1)Cc1cccc(c1OCCCCCl)Cc1cc(P(=O)(OCCC)OCCC)cc(c1O)C[C@@H]1C=CC=C(C2)C1OCCCCCl. The highest BCUT2D eigenvalue weighted by Crippen LogP contribution is 2.51. The Bertz CT molecular complexity index is 2050. The molecule has 0 radical (unpaired) electrons. The van der Waals surface area contributed by atoms with Crippen LogP contribution in [0.1, 0.15) is 112 Å². The number of benzene rings is 3. The van der Waals surface area contributed by atoms with Gasteiger partial charge in [0.15, 0.2) is 0 Å². The fourth-order valence-electron chi connectivity index (χ4n) is 7.70. The Morgan fingerprint density at radius 1 is 0.613 bits per heavy atom. The van der Waals surface area contributed by atoms with E-state index in [1.807, 2.05) is 58.0 Å². The Labute approximate surface area is 379 Å². The van der Waals surface area contributed by atoms with Crippen molar-refractivity contribution in [2.75, 3.05) is 51.4 Å². The second-order valence-corrected chi connectivity index (χ2v) is 20.7. The molecule has 0 aromatic heterocycles. The van der Waals surface area contributed by atoms with Crippen molar-refractivity contribution in [2.24, 2.45) is 5.92 Å². The fraction of sp³-hybridized carbons (Fsp3) is 0.542. The number of phenolic OH excluding ortho intramolecular Hbond substituents is 2. The maximum atomic E-state index is 14.7. The van der Waals surface area contributed by atoms with E-state index >= 15 is 0 Å². The summed E-state index contributed by atoms with van der Waals surface area (Å²) in [6.07, 6.45) is 12.2. The molecule has 0 saturated carbocycles. The minimum Gasteiger partial charge on any atom is -0.507 e. The first kappa shape index (κ1) is 50.4. The summed E-state index contributed by atoms with van der Waals surface area (Å²) < 4.78 is 67.0. The first-order valence-electron chi connectivity index (χ1n) is 22.4. The maximum Gasteiger partial charge on any atom is 0.361 e. The van der Waals surface area contributed by atoms with Gasteiger partial charge in [0.1, 0.15) is 17.2 Å². The van der Waals surface area contributed by atoms with Crippen molar-refractivity contribution in [3.63, 3.8) is 0 Å². The fourth-order valence-corrected chi connectivity index (χ4v) is 11.8. The van der Waals surface area contributed by atoms with E-state index in [0.29, 0.717) is 102 Å². The van der Waals surface area contributed by atoms with Crippen LogP contribution in [0.2, 0.25) is 0 Å². The molecular weight excluding hydrogens is 869 g/mol. The van der Waals surface area contributed by atoms with Gasteiger partial charge in [0.25, 0.3) is 0 Å². The molecule has 8 bridgehead atoms. The number of allylic oxidation sites excluding steroid dienone is 2. The van der Waals surface area contributed by atoms with E-state index in [1.165, 1.54) is 0 Å². The number of fused-ring (bicyclic) bond motifs is 8. The van der Waals surface area contributed by atoms with Gasteiger partial charge in [-0.15, -0.1) is 23.2 Å². The van der Waals surface area contributed by atoms with Gasteiger partial charge in [-0.3, -0.25) is 9.13 Å². The van der Waals surface area contributed by atoms with Gasteiger partial charge in [-0.2, -0.15) is 0 Å². The van der Waals surface area contributed by atoms with Gasteiger partial charge in [-0.25, -0.2) is 0 Å². The minimum atomic E-state index is -3.82. The summed E-state index contributed by atoms with van der Waals surface area (Å²) in [5.41, 5.74) is 4.64. The van der Waals surface area contributed by atoms with Gasteiger partial charge in [-0.1, -0.05) is 64.1 Å². The average molecular weight is 936 g/mol. The number of ether oxygens (including phenoxy) is 2. The lowest BCUT2D eigenvalue weighted by atomic mass is 9.82. The lowest BCUT2D eigenvalue weighted by Crippen LogP contribution is -2.30. The van der Waals surface area contributed by atoms with Crippen LogP contribution in [0.25, 0.3) is 0 Å². The van der Waals surface area contributed by atoms with Crippen LogP contribution in [-0.2, 0) is 57.6 Å². The largest absolute Gasteiger partial charge is 0.507 e. The molecule has 0 heterocycles. The highest BCUT2D eigenvalue weighted by atomic mass is 35.5. The third-order valence-electron chi connectivity index (χ3n) is 10.8. The zero-order valence-corrected chi connectivity index (χ0v) is 40.2. The highest BCUT2D eigenvalue weighted by Gasteiger charge is 2.35. The summed E-state index contributed by atoms with van der Waals surface area (Å²) in [5, 5.41) is 25.3. The quantitative estimate of drug-likeness (QED) is 0.0509. The molecule has 0 amide bonds. The van der Waals surface area contributed by atoms with Crippen molar-refractivity contribution in [1.82, 2.24) is 0 Å². The molecule has 2 N–H and O–H groups in total. The topological polar surface area (TPSA) is 130 Å². The molecule has 342 valence electrons. The predicted molar refractivity (Wildman–Crippen MR) is 251 cm³/mol. The third kappa shape index (κ3) is 13.2. The minimum absolute atomic E-state index is 0.0761. The predicted octanol–water partition coefficient (Wildman–Crippen LogP) is 11.6. The average Bonchev–Trinajstić information content (AvgIpc) is 3.27. The number of para-hydroxylation sites is 1. The van der Waals surface area contributed by atoms with E-state index < -0.39 is 21.3 Å². The highest BCUT2D eigenvalue weighted by molar-refractivity contribution is 7.62. The Kier molecular flexibility index (Phi) is 20.5. The number of hydrogen-bond donors (Lipinski definition) is 2. The molecule has 14 heteroatoms. The molecule has 2 atom stereocenters. The lowest BCUT2D eigenvalue weighted by Gasteiger charge is -2.31. The number of hydrogen-bond acceptors (Lipinski definition) is 10. The Morgan fingerprint density at radius 3 is 1.58 bits per heavy atom. The van der Waals surface area contributed by atoms with Crippen LogP contribution in [0.5, 0.6) is 17.2 Å². The number of halogens is 2. The lowest BCUT2D eigenvalue weighted by molar-refractivity contribution is 0.0457. The zero-order chi connectivity index (χ0) is 44.5. The maximum absolute atomic E-state index is 14.7.